The van der Waals surface area contributed by atoms with Crippen LogP contribution in [0.25, 0.3) is 10.2 Å². The van der Waals surface area contributed by atoms with E-state index in [0.717, 1.165) is 54.7 Å². The molecule has 1 fully saturated rings. The zero-order valence-corrected chi connectivity index (χ0v) is 14.5. The van der Waals surface area contributed by atoms with Crippen LogP contribution in [-0.4, -0.2) is 66.0 Å². The number of aromatic nitrogens is 2. The van der Waals surface area contributed by atoms with Crippen LogP contribution >= 0.6 is 11.3 Å². The molecule has 1 N–H and O–H groups in total. The highest BCUT2D eigenvalue weighted by Gasteiger charge is 2.18. The Morgan fingerprint density at radius 1 is 1.41 bits per heavy atom. The zero-order chi connectivity index (χ0) is 15.5. The van der Waals surface area contributed by atoms with Crippen molar-refractivity contribution in [2.45, 2.75) is 0 Å². The number of nitrogens with zero attached hydrogens (tertiary/aromatic N) is 4. The summed E-state index contributed by atoms with van der Waals surface area (Å²) in [5, 5.41) is 5.40. The highest BCUT2D eigenvalue weighted by atomic mass is 32.2. The van der Waals surface area contributed by atoms with Crippen molar-refractivity contribution >= 4 is 44.1 Å². The Hall–Kier alpha value is -1.25. The Bertz CT molecular complexity index is 668. The van der Waals surface area contributed by atoms with Crippen molar-refractivity contribution in [1.82, 2.24) is 15.3 Å². The lowest BCUT2D eigenvalue weighted by molar-refractivity contribution is 0.580. The van der Waals surface area contributed by atoms with Gasteiger partial charge < -0.3 is 15.1 Å². The molecule has 0 spiro atoms. The third-order valence-electron chi connectivity index (χ3n) is 3.75. The van der Waals surface area contributed by atoms with Crippen LogP contribution in [0.4, 0.5) is 11.8 Å². The summed E-state index contributed by atoms with van der Waals surface area (Å²) in [5.41, 5.74) is 0.994. The quantitative estimate of drug-likeness (QED) is 0.874. The molecule has 0 radical (unpaired) electrons. The smallest absolute Gasteiger partial charge is 0.228 e. The molecule has 3 heterocycles. The zero-order valence-electron chi connectivity index (χ0n) is 12.9. The van der Waals surface area contributed by atoms with Crippen LogP contribution in [0.1, 0.15) is 0 Å². The molecule has 22 heavy (non-hydrogen) atoms. The van der Waals surface area contributed by atoms with Gasteiger partial charge in [0.1, 0.15) is 0 Å². The Morgan fingerprint density at radius 2 is 2.18 bits per heavy atom. The number of hydrogen-bond acceptors (Lipinski definition) is 7. The van der Waals surface area contributed by atoms with E-state index in [0.29, 0.717) is 5.75 Å². The van der Waals surface area contributed by atoms with Gasteiger partial charge in [0.05, 0.1) is 10.2 Å². The number of thiophene rings is 1. The summed E-state index contributed by atoms with van der Waals surface area (Å²) >= 11 is 1.66. The summed E-state index contributed by atoms with van der Waals surface area (Å²) < 4.78 is 12.4. The summed E-state index contributed by atoms with van der Waals surface area (Å²) in [6, 6.07) is 2.04. The van der Waals surface area contributed by atoms with Crippen molar-refractivity contribution in [2.75, 3.05) is 61.6 Å². The summed E-state index contributed by atoms with van der Waals surface area (Å²) in [7, 11) is 1.22. The van der Waals surface area contributed by atoms with E-state index in [4.69, 9.17) is 9.97 Å². The van der Waals surface area contributed by atoms with Gasteiger partial charge in [-0.3, -0.25) is 4.21 Å². The van der Waals surface area contributed by atoms with Crippen molar-refractivity contribution < 1.29 is 4.21 Å². The van der Waals surface area contributed by atoms with Gasteiger partial charge in [0, 0.05) is 62.6 Å². The number of fused-ring (bicyclic) bond motifs is 1. The van der Waals surface area contributed by atoms with E-state index in [2.05, 4.69) is 20.5 Å². The summed E-state index contributed by atoms with van der Waals surface area (Å²) in [4.78, 5) is 13.8. The first-order valence-corrected chi connectivity index (χ1v) is 9.98. The van der Waals surface area contributed by atoms with Crippen LogP contribution in [-0.2, 0) is 10.8 Å². The van der Waals surface area contributed by atoms with Crippen LogP contribution in [0.5, 0.6) is 0 Å². The fraction of sp³-hybridized carbons (Fsp3) is 0.571. The average molecular weight is 339 g/mol. The predicted molar refractivity (Wildman–Crippen MR) is 94.7 cm³/mol. The molecule has 1 aliphatic heterocycles. The maximum absolute atomic E-state index is 11.3. The van der Waals surface area contributed by atoms with E-state index in [-0.39, 0.29) is 0 Å². The minimum Gasteiger partial charge on any atom is -0.357 e. The van der Waals surface area contributed by atoms with Crippen LogP contribution in [0.3, 0.4) is 0 Å². The van der Waals surface area contributed by atoms with Crippen molar-refractivity contribution in [2.24, 2.45) is 0 Å². The van der Waals surface area contributed by atoms with Gasteiger partial charge in [0.2, 0.25) is 5.95 Å². The second kappa shape index (κ2) is 6.89. The first-order chi connectivity index (χ1) is 10.6. The number of piperazine rings is 1. The SMILES string of the molecule is CN(CCS(C)=O)c1nc(N2CCNCC2)nc2ccsc12. The van der Waals surface area contributed by atoms with E-state index < -0.39 is 10.8 Å². The van der Waals surface area contributed by atoms with E-state index in [1.54, 1.807) is 17.6 Å². The second-order valence-electron chi connectivity index (χ2n) is 5.42. The summed E-state index contributed by atoms with van der Waals surface area (Å²) in [6.45, 7) is 4.51. The molecule has 0 saturated carbocycles. The second-order valence-corrected chi connectivity index (χ2v) is 7.89. The standard InChI is InChI=1S/C14H21N5OS2/c1-18(8-10-22(2)20)13-12-11(3-9-21-12)16-14(17-13)19-6-4-15-5-7-19/h3,9,15H,4-8,10H2,1-2H3. The summed E-state index contributed by atoms with van der Waals surface area (Å²) in [6.07, 6.45) is 1.74. The highest BCUT2D eigenvalue weighted by molar-refractivity contribution is 7.84. The van der Waals surface area contributed by atoms with Gasteiger partial charge in [-0.15, -0.1) is 11.3 Å². The number of nitrogens with one attached hydrogen (secondary N) is 1. The van der Waals surface area contributed by atoms with E-state index in [9.17, 15) is 4.21 Å². The molecule has 2 aromatic heterocycles. The Kier molecular flexibility index (Phi) is 4.90. The molecule has 0 bridgehead atoms. The molecular formula is C14H21N5OS2. The largest absolute Gasteiger partial charge is 0.357 e. The maximum atomic E-state index is 11.3. The van der Waals surface area contributed by atoms with Gasteiger partial charge in [0.25, 0.3) is 0 Å². The molecule has 1 unspecified atom stereocenters. The van der Waals surface area contributed by atoms with Gasteiger partial charge >= 0.3 is 0 Å². The highest BCUT2D eigenvalue weighted by Crippen LogP contribution is 2.30. The predicted octanol–water partition coefficient (Wildman–Crippen LogP) is 0.916. The van der Waals surface area contributed by atoms with E-state index in [1.165, 1.54) is 0 Å². The third-order valence-corrected chi connectivity index (χ3v) is 5.41. The molecule has 6 nitrogen and oxygen atoms in total. The lowest BCUT2D eigenvalue weighted by atomic mass is 10.3. The van der Waals surface area contributed by atoms with Crippen molar-refractivity contribution in [3.63, 3.8) is 0 Å². The van der Waals surface area contributed by atoms with Crippen LogP contribution < -0.4 is 15.1 Å². The van der Waals surface area contributed by atoms with Crippen LogP contribution in [0.2, 0.25) is 0 Å². The first-order valence-electron chi connectivity index (χ1n) is 7.37. The minimum atomic E-state index is -0.794. The molecule has 2 aromatic rings. The number of rotatable bonds is 5. The average Bonchev–Trinajstić information content (AvgIpc) is 3.01. The fourth-order valence-electron chi connectivity index (χ4n) is 2.47. The number of hydrogen-bond donors (Lipinski definition) is 1. The lowest BCUT2D eigenvalue weighted by Gasteiger charge is -2.28. The molecule has 3 rings (SSSR count). The molecule has 0 aliphatic carbocycles. The lowest BCUT2D eigenvalue weighted by Crippen LogP contribution is -2.44. The molecule has 1 aliphatic rings. The molecule has 1 saturated heterocycles. The molecular weight excluding hydrogens is 318 g/mol. The van der Waals surface area contributed by atoms with Crippen molar-refractivity contribution in [1.29, 1.82) is 0 Å². The third kappa shape index (κ3) is 3.39. The van der Waals surface area contributed by atoms with Crippen LogP contribution in [0, 0.1) is 0 Å². The normalized spacial score (nSPS) is 16.9. The Labute approximate surface area is 137 Å². The van der Waals surface area contributed by atoms with E-state index >= 15 is 0 Å². The molecule has 0 amide bonds. The first kappa shape index (κ1) is 15.6. The Balaban J connectivity index is 1.92. The number of anilines is 2. The summed E-state index contributed by atoms with van der Waals surface area (Å²) in [5.74, 6) is 2.39. The van der Waals surface area contributed by atoms with Crippen molar-refractivity contribution in [3.05, 3.63) is 11.4 Å². The Morgan fingerprint density at radius 3 is 2.91 bits per heavy atom. The molecule has 0 aromatic carbocycles. The van der Waals surface area contributed by atoms with Crippen LogP contribution in [0.15, 0.2) is 11.4 Å². The molecule has 1 atom stereocenters. The molecule has 8 heteroatoms. The van der Waals surface area contributed by atoms with Gasteiger partial charge in [-0.05, 0) is 11.4 Å². The van der Waals surface area contributed by atoms with Gasteiger partial charge in [-0.2, -0.15) is 4.98 Å². The fourth-order valence-corrected chi connectivity index (χ4v) is 3.88. The van der Waals surface area contributed by atoms with Gasteiger partial charge in [-0.1, -0.05) is 0 Å². The topological polar surface area (TPSA) is 61.4 Å². The van der Waals surface area contributed by atoms with Crippen molar-refractivity contribution in [3.8, 4) is 0 Å². The monoisotopic (exact) mass is 339 g/mol. The minimum absolute atomic E-state index is 0.649. The van der Waals surface area contributed by atoms with Gasteiger partial charge in [0.15, 0.2) is 5.82 Å². The maximum Gasteiger partial charge on any atom is 0.228 e. The van der Waals surface area contributed by atoms with Gasteiger partial charge in [-0.25, -0.2) is 4.98 Å². The van der Waals surface area contributed by atoms with E-state index in [1.807, 2.05) is 13.1 Å². The molecule has 120 valence electrons.